The van der Waals surface area contributed by atoms with Gasteiger partial charge in [0, 0.05) is 18.8 Å². The number of rotatable bonds is 3. The number of para-hydroxylation sites is 1. The Balaban J connectivity index is 2.17. The molecular weight excluding hydrogens is 241 g/mol. The second kappa shape index (κ2) is 5.18. The Labute approximate surface area is 105 Å². The van der Waals surface area contributed by atoms with Gasteiger partial charge in [-0.15, -0.1) is 0 Å². The number of alkyl halides is 3. The van der Waals surface area contributed by atoms with E-state index in [1.165, 1.54) is 0 Å². The fourth-order valence-electron chi connectivity index (χ4n) is 2.30. The van der Waals surface area contributed by atoms with Crippen molar-refractivity contribution in [2.24, 2.45) is 5.73 Å². The van der Waals surface area contributed by atoms with Gasteiger partial charge in [0.25, 0.3) is 0 Å². The molecule has 0 amide bonds. The largest absolute Gasteiger partial charge is 0.403 e. The number of anilines is 1. The molecule has 0 bridgehead atoms. The monoisotopic (exact) mass is 258 g/mol. The minimum absolute atomic E-state index is 0.157. The molecule has 0 aliphatic carbocycles. The Hall–Kier alpha value is -1.23. The molecule has 1 fully saturated rings. The standard InChI is InChI=1S/C13H17F3N2/c14-13(15,16)12(17)9-10-5-1-2-6-11(10)18-7-3-4-8-18/h1-2,5-6,12H,3-4,7-9,17H2. The van der Waals surface area contributed by atoms with Crippen LogP contribution in [0.2, 0.25) is 0 Å². The van der Waals surface area contributed by atoms with Crippen molar-refractivity contribution in [1.82, 2.24) is 0 Å². The molecule has 2 N–H and O–H groups in total. The van der Waals surface area contributed by atoms with Crippen molar-refractivity contribution >= 4 is 5.69 Å². The normalized spacial score (nSPS) is 18.1. The summed E-state index contributed by atoms with van der Waals surface area (Å²) < 4.78 is 37.5. The van der Waals surface area contributed by atoms with Crippen LogP contribution in [0.1, 0.15) is 18.4 Å². The average Bonchev–Trinajstić information content (AvgIpc) is 2.82. The molecule has 0 spiro atoms. The van der Waals surface area contributed by atoms with Gasteiger partial charge in [0.2, 0.25) is 0 Å². The van der Waals surface area contributed by atoms with E-state index in [0.29, 0.717) is 5.56 Å². The first kappa shape index (κ1) is 13.2. The summed E-state index contributed by atoms with van der Waals surface area (Å²) in [5.41, 5.74) is 6.79. The predicted octanol–water partition coefficient (Wildman–Crippen LogP) is 2.72. The maximum atomic E-state index is 12.5. The van der Waals surface area contributed by atoms with E-state index in [2.05, 4.69) is 4.90 Å². The SMILES string of the molecule is NC(Cc1ccccc1N1CCCC1)C(F)(F)F. The molecular formula is C13H17F3N2. The summed E-state index contributed by atoms with van der Waals surface area (Å²) in [4.78, 5) is 2.14. The summed E-state index contributed by atoms with van der Waals surface area (Å²) in [6.45, 7) is 1.83. The fourth-order valence-corrected chi connectivity index (χ4v) is 2.30. The summed E-state index contributed by atoms with van der Waals surface area (Å²) in [7, 11) is 0. The second-order valence-corrected chi connectivity index (χ2v) is 4.68. The third-order valence-electron chi connectivity index (χ3n) is 3.30. The molecule has 0 saturated carbocycles. The van der Waals surface area contributed by atoms with E-state index in [-0.39, 0.29) is 6.42 Å². The topological polar surface area (TPSA) is 29.3 Å². The molecule has 18 heavy (non-hydrogen) atoms. The van der Waals surface area contributed by atoms with Crippen molar-refractivity contribution in [3.63, 3.8) is 0 Å². The lowest BCUT2D eigenvalue weighted by Gasteiger charge is -2.23. The maximum absolute atomic E-state index is 12.5. The molecule has 2 nitrogen and oxygen atoms in total. The summed E-state index contributed by atoms with van der Waals surface area (Å²) >= 11 is 0. The molecule has 1 aromatic rings. The van der Waals surface area contributed by atoms with Crippen molar-refractivity contribution in [3.8, 4) is 0 Å². The van der Waals surface area contributed by atoms with Gasteiger partial charge in [-0.2, -0.15) is 13.2 Å². The second-order valence-electron chi connectivity index (χ2n) is 4.68. The molecule has 100 valence electrons. The highest BCUT2D eigenvalue weighted by Crippen LogP contribution is 2.28. The molecule has 1 aliphatic heterocycles. The first-order chi connectivity index (χ1) is 8.48. The van der Waals surface area contributed by atoms with Crippen LogP contribution in [0.3, 0.4) is 0 Å². The van der Waals surface area contributed by atoms with Crippen molar-refractivity contribution in [3.05, 3.63) is 29.8 Å². The first-order valence-electron chi connectivity index (χ1n) is 6.13. The number of hydrogen-bond donors (Lipinski definition) is 1. The van der Waals surface area contributed by atoms with E-state index in [0.717, 1.165) is 31.6 Å². The van der Waals surface area contributed by atoms with Crippen LogP contribution in [0.5, 0.6) is 0 Å². The maximum Gasteiger partial charge on any atom is 0.403 e. The molecule has 2 rings (SSSR count). The van der Waals surface area contributed by atoms with Crippen LogP contribution in [0.4, 0.5) is 18.9 Å². The summed E-state index contributed by atoms with van der Waals surface area (Å²) in [5.74, 6) is 0. The highest BCUT2D eigenvalue weighted by atomic mass is 19.4. The number of hydrogen-bond acceptors (Lipinski definition) is 2. The van der Waals surface area contributed by atoms with E-state index in [1.807, 2.05) is 12.1 Å². The van der Waals surface area contributed by atoms with E-state index in [1.54, 1.807) is 12.1 Å². The van der Waals surface area contributed by atoms with E-state index in [9.17, 15) is 13.2 Å². The Kier molecular flexibility index (Phi) is 3.80. The van der Waals surface area contributed by atoms with Crippen molar-refractivity contribution in [2.45, 2.75) is 31.5 Å². The molecule has 1 aromatic carbocycles. The summed E-state index contributed by atoms with van der Waals surface area (Å²) in [6.07, 6.45) is -2.30. The van der Waals surface area contributed by atoms with Crippen molar-refractivity contribution in [1.29, 1.82) is 0 Å². The Bertz CT molecular complexity index is 397. The van der Waals surface area contributed by atoms with Gasteiger partial charge in [-0.1, -0.05) is 18.2 Å². The summed E-state index contributed by atoms with van der Waals surface area (Å²) in [6, 6.07) is 5.44. The Morgan fingerprint density at radius 2 is 1.78 bits per heavy atom. The zero-order valence-corrected chi connectivity index (χ0v) is 10.1. The van der Waals surface area contributed by atoms with Crippen LogP contribution < -0.4 is 10.6 Å². The van der Waals surface area contributed by atoms with Gasteiger partial charge in [-0.25, -0.2) is 0 Å². The van der Waals surface area contributed by atoms with E-state index < -0.39 is 12.2 Å². The van der Waals surface area contributed by atoms with Gasteiger partial charge < -0.3 is 10.6 Å². The third kappa shape index (κ3) is 2.96. The first-order valence-corrected chi connectivity index (χ1v) is 6.13. The Morgan fingerprint density at radius 1 is 1.17 bits per heavy atom. The molecule has 0 aromatic heterocycles. The van der Waals surface area contributed by atoms with Crippen LogP contribution in [0, 0.1) is 0 Å². The van der Waals surface area contributed by atoms with Crippen LogP contribution in [-0.4, -0.2) is 25.3 Å². The lowest BCUT2D eigenvalue weighted by atomic mass is 10.0. The number of halogens is 3. The molecule has 1 heterocycles. The molecule has 5 heteroatoms. The third-order valence-corrected chi connectivity index (χ3v) is 3.30. The molecule has 1 saturated heterocycles. The van der Waals surface area contributed by atoms with Crippen molar-refractivity contribution in [2.75, 3.05) is 18.0 Å². The summed E-state index contributed by atoms with van der Waals surface area (Å²) in [5, 5.41) is 0. The van der Waals surface area contributed by atoms with Gasteiger partial charge in [0.15, 0.2) is 0 Å². The average molecular weight is 258 g/mol. The molecule has 1 atom stereocenters. The zero-order valence-electron chi connectivity index (χ0n) is 10.1. The Morgan fingerprint density at radius 3 is 2.39 bits per heavy atom. The lowest BCUT2D eigenvalue weighted by Crippen LogP contribution is -2.39. The van der Waals surface area contributed by atoms with Gasteiger partial charge >= 0.3 is 6.18 Å². The fraction of sp³-hybridized carbons (Fsp3) is 0.538. The minimum atomic E-state index is -4.34. The highest BCUT2D eigenvalue weighted by Gasteiger charge is 2.37. The number of nitrogens with two attached hydrogens (primary N) is 1. The lowest BCUT2D eigenvalue weighted by molar-refractivity contribution is -0.147. The highest BCUT2D eigenvalue weighted by molar-refractivity contribution is 5.54. The van der Waals surface area contributed by atoms with Crippen LogP contribution in [0.15, 0.2) is 24.3 Å². The predicted molar refractivity (Wildman–Crippen MR) is 65.6 cm³/mol. The van der Waals surface area contributed by atoms with Gasteiger partial charge in [-0.05, 0) is 30.9 Å². The van der Waals surface area contributed by atoms with Crippen LogP contribution in [-0.2, 0) is 6.42 Å². The number of benzene rings is 1. The zero-order chi connectivity index (χ0) is 13.2. The number of nitrogens with zero attached hydrogens (tertiary/aromatic N) is 1. The molecule has 0 radical (unpaired) electrons. The quantitative estimate of drug-likeness (QED) is 0.903. The van der Waals surface area contributed by atoms with E-state index in [4.69, 9.17) is 5.73 Å². The van der Waals surface area contributed by atoms with Crippen LogP contribution >= 0.6 is 0 Å². The molecule has 1 aliphatic rings. The van der Waals surface area contributed by atoms with E-state index >= 15 is 0 Å². The van der Waals surface area contributed by atoms with Crippen molar-refractivity contribution < 1.29 is 13.2 Å². The van der Waals surface area contributed by atoms with Gasteiger partial charge in [0.05, 0.1) is 0 Å². The molecule has 1 unspecified atom stereocenters. The van der Waals surface area contributed by atoms with Gasteiger partial charge in [0.1, 0.15) is 6.04 Å². The van der Waals surface area contributed by atoms with Crippen LogP contribution in [0.25, 0.3) is 0 Å². The smallest absolute Gasteiger partial charge is 0.371 e. The minimum Gasteiger partial charge on any atom is -0.371 e. The van der Waals surface area contributed by atoms with Gasteiger partial charge in [-0.3, -0.25) is 0 Å².